The topological polar surface area (TPSA) is 53.6 Å². The molecular weight excluding hydrogens is 256 g/mol. The third-order valence-electron chi connectivity index (χ3n) is 2.90. The fourth-order valence-corrected chi connectivity index (χ4v) is 2.57. The Morgan fingerprint density at radius 1 is 1.16 bits per heavy atom. The SMILES string of the molecule is CC(Nc1ccc(-c2ccn[nH]2)cc1)c1nccs1. The molecule has 2 N–H and O–H groups in total. The van der Waals surface area contributed by atoms with Crippen molar-refractivity contribution in [3.8, 4) is 11.3 Å². The maximum Gasteiger partial charge on any atom is 0.115 e. The first-order chi connectivity index (χ1) is 9.33. The highest BCUT2D eigenvalue weighted by atomic mass is 32.1. The lowest BCUT2D eigenvalue weighted by molar-refractivity contribution is 0.870. The van der Waals surface area contributed by atoms with E-state index in [1.54, 1.807) is 17.5 Å². The quantitative estimate of drug-likeness (QED) is 0.760. The molecule has 3 aromatic rings. The van der Waals surface area contributed by atoms with Gasteiger partial charge in [-0.15, -0.1) is 11.3 Å². The minimum Gasteiger partial charge on any atom is -0.376 e. The molecule has 0 fully saturated rings. The van der Waals surface area contributed by atoms with Gasteiger partial charge in [0.1, 0.15) is 5.01 Å². The minimum absolute atomic E-state index is 0.220. The molecule has 1 aromatic carbocycles. The Hall–Kier alpha value is -2.14. The molecule has 1 unspecified atom stereocenters. The predicted molar refractivity (Wildman–Crippen MR) is 78.2 cm³/mol. The molecule has 0 saturated carbocycles. The molecule has 0 spiro atoms. The van der Waals surface area contributed by atoms with Gasteiger partial charge in [0.15, 0.2) is 0 Å². The number of benzene rings is 1. The standard InChI is InChI=1S/C14H14N4S/c1-10(14-15-8-9-19-14)17-12-4-2-11(3-5-12)13-6-7-16-18-13/h2-10,17H,1H3,(H,16,18). The maximum atomic E-state index is 4.31. The minimum atomic E-state index is 0.220. The molecule has 0 bridgehead atoms. The van der Waals surface area contributed by atoms with Gasteiger partial charge in [-0.1, -0.05) is 12.1 Å². The van der Waals surface area contributed by atoms with Gasteiger partial charge < -0.3 is 5.32 Å². The summed E-state index contributed by atoms with van der Waals surface area (Å²) in [6.45, 7) is 2.11. The van der Waals surface area contributed by atoms with E-state index >= 15 is 0 Å². The molecule has 2 aromatic heterocycles. The molecule has 0 radical (unpaired) electrons. The first kappa shape index (κ1) is 11.9. The number of hydrogen-bond acceptors (Lipinski definition) is 4. The smallest absolute Gasteiger partial charge is 0.115 e. The molecular formula is C14H14N4S. The number of thiazole rings is 1. The third kappa shape index (κ3) is 2.66. The van der Waals surface area contributed by atoms with Crippen LogP contribution in [0.1, 0.15) is 18.0 Å². The zero-order valence-electron chi connectivity index (χ0n) is 10.5. The van der Waals surface area contributed by atoms with Crippen LogP contribution in [0.2, 0.25) is 0 Å². The Balaban J connectivity index is 1.73. The summed E-state index contributed by atoms with van der Waals surface area (Å²) >= 11 is 1.66. The van der Waals surface area contributed by atoms with Gasteiger partial charge in [0, 0.05) is 23.5 Å². The van der Waals surface area contributed by atoms with Crippen LogP contribution in [0, 0.1) is 0 Å². The molecule has 96 valence electrons. The van der Waals surface area contributed by atoms with Crippen molar-refractivity contribution < 1.29 is 0 Å². The number of nitrogens with one attached hydrogen (secondary N) is 2. The lowest BCUT2D eigenvalue weighted by Gasteiger charge is -2.12. The van der Waals surface area contributed by atoms with E-state index in [1.165, 1.54) is 0 Å². The molecule has 5 heteroatoms. The zero-order chi connectivity index (χ0) is 13.1. The van der Waals surface area contributed by atoms with Crippen LogP contribution in [0.4, 0.5) is 5.69 Å². The highest BCUT2D eigenvalue weighted by Crippen LogP contribution is 2.23. The summed E-state index contributed by atoms with van der Waals surface area (Å²) in [5.74, 6) is 0. The summed E-state index contributed by atoms with van der Waals surface area (Å²) in [5.41, 5.74) is 3.25. The van der Waals surface area contributed by atoms with Crippen LogP contribution < -0.4 is 5.32 Å². The lowest BCUT2D eigenvalue weighted by Crippen LogP contribution is -2.05. The third-order valence-corrected chi connectivity index (χ3v) is 3.86. The Morgan fingerprint density at radius 2 is 2.00 bits per heavy atom. The maximum absolute atomic E-state index is 4.31. The van der Waals surface area contributed by atoms with Crippen molar-refractivity contribution in [3.05, 3.63) is 53.1 Å². The Kier molecular flexibility index (Phi) is 3.29. The molecule has 0 aliphatic rings. The zero-order valence-corrected chi connectivity index (χ0v) is 11.3. The largest absolute Gasteiger partial charge is 0.376 e. The molecule has 19 heavy (non-hydrogen) atoms. The van der Waals surface area contributed by atoms with Crippen molar-refractivity contribution >= 4 is 17.0 Å². The highest BCUT2D eigenvalue weighted by molar-refractivity contribution is 7.09. The van der Waals surface area contributed by atoms with E-state index in [0.29, 0.717) is 0 Å². The van der Waals surface area contributed by atoms with Gasteiger partial charge >= 0.3 is 0 Å². The van der Waals surface area contributed by atoms with Crippen molar-refractivity contribution in [2.45, 2.75) is 13.0 Å². The van der Waals surface area contributed by atoms with Gasteiger partial charge in [-0.3, -0.25) is 5.10 Å². The Labute approximate surface area is 115 Å². The lowest BCUT2D eigenvalue weighted by atomic mass is 10.1. The van der Waals surface area contributed by atoms with Crippen LogP contribution in [0.25, 0.3) is 11.3 Å². The number of H-pyrrole nitrogens is 1. The second kappa shape index (κ2) is 5.24. The molecule has 0 amide bonds. The second-order valence-corrected chi connectivity index (χ2v) is 5.21. The van der Waals surface area contributed by atoms with Crippen LogP contribution in [0.15, 0.2) is 48.1 Å². The van der Waals surface area contributed by atoms with Crippen LogP contribution in [-0.4, -0.2) is 15.2 Å². The number of nitrogens with zero attached hydrogens (tertiary/aromatic N) is 2. The average molecular weight is 270 g/mol. The van der Waals surface area contributed by atoms with Crippen molar-refractivity contribution in [3.63, 3.8) is 0 Å². The van der Waals surface area contributed by atoms with Crippen molar-refractivity contribution in [2.75, 3.05) is 5.32 Å². The Bertz CT molecular complexity index is 614. The highest BCUT2D eigenvalue weighted by Gasteiger charge is 2.07. The normalized spacial score (nSPS) is 12.3. The molecule has 3 rings (SSSR count). The van der Waals surface area contributed by atoms with Gasteiger partial charge in [-0.05, 0) is 30.7 Å². The van der Waals surface area contributed by atoms with E-state index in [4.69, 9.17) is 0 Å². The molecule has 2 heterocycles. The molecule has 1 atom stereocenters. The van der Waals surface area contributed by atoms with Gasteiger partial charge in [0.25, 0.3) is 0 Å². The Morgan fingerprint density at radius 3 is 2.63 bits per heavy atom. The van der Waals surface area contributed by atoms with Gasteiger partial charge in [0.05, 0.1) is 11.7 Å². The second-order valence-electron chi connectivity index (χ2n) is 4.28. The average Bonchev–Trinajstić information content (AvgIpc) is 3.13. The van der Waals surface area contributed by atoms with E-state index < -0.39 is 0 Å². The van der Waals surface area contributed by atoms with Crippen molar-refractivity contribution in [2.24, 2.45) is 0 Å². The summed E-state index contributed by atoms with van der Waals surface area (Å²) in [5, 5.41) is 13.4. The summed E-state index contributed by atoms with van der Waals surface area (Å²) < 4.78 is 0. The molecule has 0 aliphatic heterocycles. The van der Waals surface area contributed by atoms with Gasteiger partial charge in [-0.25, -0.2) is 4.98 Å². The number of aromatic amines is 1. The summed E-state index contributed by atoms with van der Waals surface area (Å²) in [6, 6.07) is 10.5. The van der Waals surface area contributed by atoms with E-state index in [9.17, 15) is 0 Å². The molecule has 4 nitrogen and oxygen atoms in total. The molecule has 0 aliphatic carbocycles. The number of anilines is 1. The number of aromatic nitrogens is 3. The van der Waals surface area contributed by atoms with Gasteiger partial charge in [0.2, 0.25) is 0 Å². The fourth-order valence-electron chi connectivity index (χ4n) is 1.92. The van der Waals surface area contributed by atoms with E-state index in [0.717, 1.165) is 22.0 Å². The van der Waals surface area contributed by atoms with E-state index in [2.05, 4.69) is 51.7 Å². The molecule has 0 saturated heterocycles. The predicted octanol–water partition coefficient (Wildman–Crippen LogP) is 3.71. The summed E-state index contributed by atoms with van der Waals surface area (Å²) in [6.07, 6.45) is 3.59. The van der Waals surface area contributed by atoms with Crippen molar-refractivity contribution in [1.29, 1.82) is 0 Å². The van der Waals surface area contributed by atoms with E-state index in [1.807, 2.05) is 17.6 Å². The monoisotopic (exact) mass is 270 g/mol. The van der Waals surface area contributed by atoms with E-state index in [-0.39, 0.29) is 6.04 Å². The first-order valence-electron chi connectivity index (χ1n) is 6.08. The van der Waals surface area contributed by atoms with Crippen LogP contribution in [0.5, 0.6) is 0 Å². The van der Waals surface area contributed by atoms with Crippen LogP contribution >= 0.6 is 11.3 Å². The van der Waals surface area contributed by atoms with Crippen LogP contribution in [-0.2, 0) is 0 Å². The summed E-state index contributed by atoms with van der Waals surface area (Å²) in [4.78, 5) is 4.31. The first-order valence-corrected chi connectivity index (χ1v) is 6.96. The summed E-state index contributed by atoms with van der Waals surface area (Å²) in [7, 11) is 0. The number of rotatable bonds is 4. The number of hydrogen-bond donors (Lipinski definition) is 2. The van der Waals surface area contributed by atoms with Crippen LogP contribution in [0.3, 0.4) is 0 Å². The fraction of sp³-hybridized carbons (Fsp3) is 0.143. The van der Waals surface area contributed by atoms with Gasteiger partial charge in [-0.2, -0.15) is 5.10 Å². The van der Waals surface area contributed by atoms with Crippen molar-refractivity contribution in [1.82, 2.24) is 15.2 Å².